The smallest absolute Gasteiger partial charge is 0.415 e. The number of rotatable bonds is 4. The lowest BCUT2D eigenvalue weighted by Gasteiger charge is -2.24. The highest BCUT2D eigenvalue weighted by Crippen LogP contribution is 2.00. The van der Waals surface area contributed by atoms with Crippen LogP contribution in [-0.2, 0) is 9.47 Å². The summed E-state index contributed by atoms with van der Waals surface area (Å²) in [5.74, 6) is 0. The Bertz CT molecular complexity index is 140. The zero-order valence-corrected chi connectivity index (χ0v) is 7.06. The van der Waals surface area contributed by atoms with E-state index in [1.54, 1.807) is 6.92 Å². The first-order valence-electron chi connectivity index (χ1n) is 3.35. The fraction of sp³-hybridized carbons (Fsp3) is 0.833. The normalized spacial score (nSPS) is 12.3. The Morgan fingerprint density at radius 1 is 1.58 bits per heavy atom. The average molecular weight is 179 g/mol. The zero-order valence-electron chi connectivity index (χ0n) is 7.06. The summed E-state index contributed by atoms with van der Waals surface area (Å²) in [5.41, 5.74) is 0. The third-order valence-electron chi connectivity index (χ3n) is 1.35. The summed E-state index contributed by atoms with van der Waals surface area (Å²) >= 11 is 0. The van der Waals surface area contributed by atoms with Crippen LogP contribution in [0, 0.1) is 0 Å². The molecule has 0 rings (SSSR count). The SMILES string of the molecule is COC(C)N(CO)C(=O)OCO. The van der Waals surface area contributed by atoms with E-state index in [-0.39, 0.29) is 0 Å². The Hall–Kier alpha value is -0.850. The summed E-state index contributed by atoms with van der Waals surface area (Å²) < 4.78 is 8.97. The molecule has 1 amide bonds. The minimum absolute atomic E-state index is 0.520. The molecule has 0 saturated heterocycles. The summed E-state index contributed by atoms with van der Waals surface area (Å²) in [6.45, 7) is 0.328. The Morgan fingerprint density at radius 3 is 2.50 bits per heavy atom. The van der Waals surface area contributed by atoms with Gasteiger partial charge < -0.3 is 19.7 Å². The molecule has 0 aliphatic carbocycles. The van der Waals surface area contributed by atoms with Crippen LogP contribution in [-0.4, -0.2) is 48.1 Å². The van der Waals surface area contributed by atoms with E-state index in [4.69, 9.17) is 14.9 Å². The van der Waals surface area contributed by atoms with Crippen molar-refractivity contribution in [2.24, 2.45) is 0 Å². The van der Waals surface area contributed by atoms with Crippen molar-refractivity contribution in [1.29, 1.82) is 0 Å². The van der Waals surface area contributed by atoms with E-state index in [1.165, 1.54) is 7.11 Å². The van der Waals surface area contributed by atoms with E-state index in [0.29, 0.717) is 0 Å². The molecule has 1 unspecified atom stereocenters. The van der Waals surface area contributed by atoms with Crippen LogP contribution < -0.4 is 0 Å². The average Bonchev–Trinajstić information content (AvgIpc) is 2.06. The van der Waals surface area contributed by atoms with Gasteiger partial charge in [0.25, 0.3) is 0 Å². The van der Waals surface area contributed by atoms with Gasteiger partial charge in [0.2, 0.25) is 0 Å². The van der Waals surface area contributed by atoms with Crippen molar-refractivity contribution in [2.45, 2.75) is 13.2 Å². The maximum absolute atomic E-state index is 10.9. The molecule has 0 saturated carbocycles. The number of ether oxygens (including phenoxy) is 2. The van der Waals surface area contributed by atoms with E-state index < -0.39 is 25.8 Å². The Morgan fingerprint density at radius 2 is 2.17 bits per heavy atom. The molecule has 72 valence electrons. The number of carbonyl (C=O) groups is 1. The van der Waals surface area contributed by atoms with Gasteiger partial charge in [-0.05, 0) is 6.92 Å². The van der Waals surface area contributed by atoms with Gasteiger partial charge in [-0.3, -0.25) is 4.90 Å². The van der Waals surface area contributed by atoms with Crippen LogP contribution in [0.15, 0.2) is 0 Å². The molecular formula is C6H13NO5. The van der Waals surface area contributed by atoms with Crippen molar-refractivity contribution >= 4 is 6.09 Å². The molecule has 0 heterocycles. The van der Waals surface area contributed by atoms with Crippen molar-refractivity contribution in [2.75, 3.05) is 20.6 Å². The highest BCUT2D eigenvalue weighted by Gasteiger charge is 2.19. The molecule has 0 aliphatic rings. The lowest BCUT2D eigenvalue weighted by Crippen LogP contribution is -2.40. The van der Waals surface area contributed by atoms with Crippen molar-refractivity contribution in [3.8, 4) is 0 Å². The molecule has 0 aliphatic heterocycles. The van der Waals surface area contributed by atoms with Gasteiger partial charge in [0.05, 0.1) is 0 Å². The molecule has 0 aromatic rings. The lowest BCUT2D eigenvalue weighted by atomic mass is 10.6. The molecule has 0 spiro atoms. The monoisotopic (exact) mass is 179 g/mol. The summed E-state index contributed by atoms with van der Waals surface area (Å²) in [4.78, 5) is 11.8. The Kier molecular flexibility index (Phi) is 5.35. The second-order valence-electron chi connectivity index (χ2n) is 1.99. The number of methoxy groups -OCH3 is 1. The van der Waals surface area contributed by atoms with Crippen LogP contribution >= 0.6 is 0 Å². The van der Waals surface area contributed by atoms with Gasteiger partial charge in [0.15, 0.2) is 6.79 Å². The van der Waals surface area contributed by atoms with Gasteiger partial charge in [0.1, 0.15) is 13.0 Å². The molecule has 6 nitrogen and oxygen atoms in total. The number of aliphatic hydroxyl groups excluding tert-OH is 2. The van der Waals surface area contributed by atoms with Crippen LogP contribution in [0.25, 0.3) is 0 Å². The second-order valence-corrected chi connectivity index (χ2v) is 1.99. The first-order valence-corrected chi connectivity index (χ1v) is 3.35. The van der Waals surface area contributed by atoms with Gasteiger partial charge >= 0.3 is 6.09 Å². The molecule has 2 N–H and O–H groups in total. The van der Waals surface area contributed by atoms with Crippen LogP contribution in [0.4, 0.5) is 4.79 Å². The molecule has 0 fully saturated rings. The predicted octanol–water partition coefficient (Wildman–Crippen LogP) is -0.683. The highest BCUT2D eigenvalue weighted by atomic mass is 16.6. The molecule has 0 radical (unpaired) electrons. The number of nitrogens with zero attached hydrogens (tertiary/aromatic N) is 1. The maximum atomic E-state index is 10.9. The largest absolute Gasteiger partial charge is 0.422 e. The molecule has 0 aromatic carbocycles. The number of carbonyl (C=O) groups excluding carboxylic acids is 1. The number of hydrogen-bond acceptors (Lipinski definition) is 5. The van der Waals surface area contributed by atoms with E-state index in [9.17, 15) is 4.79 Å². The Balaban J connectivity index is 4.04. The molecular weight excluding hydrogens is 166 g/mol. The molecule has 0 bridgehead atoms. The molecule has 6 heteroatoms. The standard InChI is InChI=1S/C6H13NO5/c1-5(11-2)7(3-8)6(10)12-4-9/h5,8-9H,3-4H2,1-2H3. The van der Waals surface area contributed by atoms with E-state index in [1.807, 2.05) is 0 Å². The van der Waals surface area contributed by atoms with Crippen LogP contribution in [0.5, 0.6) is 0 Å². The molecule has 0 aromatic heterocycles. The molecule has 1 atom stereocenters. The Labute approximate surface area is 70.3 Å². The van der Waals surface area contributed by atoms with Gasteiger partial charge in [-0.25, -0.2) is 4.79 Å². The third-order valence-corrected chi connectivity index (χ3v) is 1.35. The minimum Gasteiger partial charge on any atom is -0.422 e. The van der Waals surface area contributed by atoms with E-state index in [2.05, 4.69) is 4.74 Å². The first-order chi connectivity index (χ1) is 5.67. The summed E-state index contributed by atoms with van der Waals surface area (Å²) in [6.07, 6.45) is -1.41. The predicted molar refractivity (Wildman–Crippen MR) is 39.0 cm³/mol. The lowest BCUT2D eigenvalue weighted by molar-refractivity contribution is -0.0658. The van der Waals surface area contributed by atoms with Crippen molar-refractivity contribution in [3.63, 3.8) is 0 Å². The van der Waals surface area contributed by atoms with Crippen LogP contribution in [0.1, 0.15) is 6.92 Å². The number of aliphatic hydroxyl groups is 2. The molecule has 12 heavy (non-hydrogen) atoms. The van der Waals surface area contributed by atoms with Gasteiger partial charge in [0, 0.05) is 7.11 Å². The van der Waals surface area contributed by atoms with Gasteiger partial charge in [-0.15, -0.1) is 0 Å². The fourth-order valence-electron chi connectivity index (χ4n) is 0.587. The second kappa shape index (κ2) is 5.76. The first kappa shape index (κ1) is 11.2. The van der Waals surface area contributed by atoms with Crippen molar-refractivity contribution in [3.05, 3.63) is 0 Å². The fourth-order valence-corrected chi connectivity index (χ4v) is 0.587. The van der Waals surface area contributed by atoms with E-state index >= 15 is 0 Å². The van der Waals surface area contributed by atoms with Crippen molar-refractivity contribution < 1.29 is 24.5 Å². The zero-order chi connectivity index (χ0) is 9.56. The van der Waals surface area contributed by atoms with Crippen LogP contribution in [0.2, 0.25) is 0 Å². The number of amides is 1. The maximum Gasteiger partial charge on any atom is 0.415 e. The van der Waals surface area contributed by atoms with Gasteiger partial charge in [-0.2, -0.15) is 0 Å². The highest BCUT2D eigenvalue weighted by molar-refractivity contribution is 5.67. The third kappa shape index (κ3) is 3.04. The number of hydrogen-bond donors (Lipinski definition) is 2. The van der Waals surface area contributed by atoms with E-state index in [0.717, 1.165) is 4.90 Å². The van der Waals surface area contributed by atoms with Gasteiger partial charge in [-0.1, -0.05) is 0 Å². The summed E-state index contributed by atoms with van der Waals surface area (Å²) in [6, 6.07) is 0. The minimum atomic E-state index is -0.825. The summed E-state index contributed by atoms with van der Waals surface area (Å²) in [5, 5.41) is 16.9. The van der Waals surface area contributed by atoms with Crippen LogP contribution in [0.3, 0.4) is 0 Å². The quantitative estimate of drug-likeness (QED) is 0.559. The topological polar surface area (TPSA) is 79.2 Å². The summed E-state index contributed by atoms with van der Waals surface area (Å²) in [7, 11) is 1.39. The van der Waals surface area contributed by atoms with Crippen molar-refractivity contribution in [1.82, 2.24) is 4.90 Å².